The van der Waals surface area contributed by atoms with E-state index in [4.69, 9.17) is 10.2 Å². The monoisotopic (exact) mass is 296 g/mol. The van der Waals surface area contributed by atoms with Crippen LogP contribution >= 0.6 is 0 Å². The van der Waals surface area contributed by atoms with Crippen molar-refractivity contribution in [2.75, 3.05) is 0 Å². The van der Waals surface area contributed by atoms with Crippen LogP contribution in [0.25, 0.3) is 0 Å². The summed E-state index contributed by atoms with van der Waals surface area (Å²) in [7, 11) is 0. The van der Waals surface area contributed by atoms with Gasteiger partial charge in [-0.05, 0) is 0 Å². The second kappa shape index (κ2) is 5.68. The van der Waals surface area contributed by atoms with Gasteiger partial charge in [-0.1, -0.05) is 0 Å². The molecule has 48 valence electrons. The fraction of sp³-hybridized carbons (Fsp3) is 0. The second-order valence-corrected chi connectivity index (χ2v) is 1.01. The average Bonchev–Trinajstić information content (AvgIpc) is 1.61. The Hall–Kier alpha value is -0.450. The first-order chi connectivity index (χ1) is 3.63. The zero-order valence-corrected chi connectivity index (χ0v) is 7.96. The van der Waals surface area contributed by atoms with E-state index in [9.17, 15) is 9.59 Å². The van der Waals surface area contributed by atoms with Gasteiger partial charge in [-0.15, -0.1) is 0 Å². The molecule has 0 aromatic carbocycles. The standard InChI is InChI=1S/C4H4O4.Hf/c5-3(6)1-2-4(7)8;/h1-2H,(H,5,6)(H,7,8);/b2-1+;. The fourth-order valence-electron chi connectivity index (χ4n) is 0.143. The third-order valence-electron chi connectivity index (χ3n) is 0.368. The first kappa shape index (κ1) is 11.4. The van der Waals surface area contributed by atoms with Crippen LogP contribution in [0.1, 0.15) is 0 Å². The van der Waals surface area contributed by atoms with E-state index < -0.39 is 11.9 Å². The quantitative estimate of drug-likeness (QED) is 0.542. The minimum atomic E-state index is -1.26. The Labute approximate surface area is 70.0 Å². The number of carbonyl (C=O) groups is 2. The number of hydrogen-bond donors (Lipinski definition) is 2. The van der Waals surface area contributed by atoms with Gasteiger partial charge < -0.3 is 10.2 Å². The van der Waals surface area contributed by atoms with E-state index in [-0.39, 0.29) is 25.8 Å². The van der Waals surface area contributed by atoms with Crippen molar-refractivity contribution < 1.29 is 45.6 Å². The first-order valence-electron chi connectivity index (χ1n) is 1.77. The van der Waals surface area contributed by atoms with Crippen LogP contribution in [-0.2, 0) is 35.4 Å². The van der Waals surface area contributed by atoms with Crippen LogP contribution < -0.4 is 0 Å². The molecule has 0 bridgehead atoms. The summed E-state index contributed by atoms with van der Waals surface area (Å²) in [6.07, 6.45) is 1.12. The van der Waals surface area contributed by atoms with Crippen LogP contribution in [0, 0.1) is 0 Å². The van der Waals surface area contributed by atoms with Gasteiger partial charge in [0.15, 0.2) is 0 Å². The molecule has 0 aromatic rings. The molecule has 2 N–H and O–H groups in total. The summed E-state index contributed by atoms with van der Waals surface area (Å²) in [5.41, 5.74) is 0. The number of aliphatic carboxylic acids is 2. The van der Waals surface area contributed by atoms with Gasteiger partial charge in [0, 0.05) is 38.0 Å². The van der Waals surface area contributed by atoms with Crippen molar-refractivity contribution in [3.8, 4) is 0 Å². The summed E-state index contributed by atoms with van der Waals surface area (Å²) >= 11 is 0. The summed E-state index contributed by atoms with van der Waals surface area (Å²) in [5.74, 6) is -2.51. The van der Waals surface area contributed by atoms with Crippen molar-refractivity contribution in [1.29, 1.82) is 0 Å². The summed E-state index contributed by atoms with van der Waals surface area (Å²) in [5, 5.41) is 15.6. The molecule has 0 aliphatic carbocycles. The van der Waals surface area contributed by atoms with Gasteiger partial charge in [-0.25, -0.2) is 9.59 Å². The third-order valence-corrected chi connectivity index (χ3v) is 0.368. The third kappa shape index (κ3) is 11.2. The van der Waals surface area contributed by atoms with E-state index in [1.165, 1.54) is 0 Å². The molecule has 0 saturated heterocycles. The van der Waals surface area contributed by atoms with E-state index in [0.717, 1.165) is 0 Å². The van der Waals surface area contributed by atoms with E-state index in [1.54, 1.807) is 0 Å². The molecule has 0 aliphatic rings. The van der Waals surface area contributed by atoms with Crippen LogP contribution in [0.3, 0.4) is 0 Å². The van der Waals surface area contributed by atoms with Gasteiger partial charge in [0.2, 0.25) is 0 Å². The Morgan fingerprint density at radius 2 is 1.22 bits per heavy atom. The minimum absolute atomic E-state index is 0. The molecular formula is C4H4HfO4. The number of rotatable bonds is 2. The van der Waals surface area contributed by atoms with Crippen LogP contribution in [0.15, 0.2) is 12.2 Å². The van der Waals surface area contributed by atoms with Crippen LogP contribution in [-0.4, -0.2) is 22.2 Å². The molecule has 0 amide bonds. The smallest absolute Gasteiger partial charge is 0.328 e. The van der Waals surface area contributed by atoms with Crippen molar-refractivity contribution in [1.82, 2.24) is 0 Å². The predicted octanol–water partition coefficient (Wildman–Crippen LogP) is -0.291. The molecule has 0 aliphatic heterocycles. The molecule has 0 atom stereocenters. The molecule has 0 aromatic heterocycles. The number of carboxylic acid groups (broad SMARTS) is 2. The van der Waals surface area contributed by atoms with Crippen molar-refractivity contribution in [2.24, 2.45) is 0 Å². The van der Waals surface area contributed by atoms with Gasteiger partial charge in [-0.3, -0.25) is 0 Å². The number of hydrogen-bond acceptors (Lipinski definition) is 2. The second-order valence-electron chi connectivity index (χ2n) is 1.01. The summed E-state index contributed by atoms with van der Waals surface area (Å²) < 4.78 is 0. The van der Waals surface area contributed by atoms with Crippen LogP contribution in [0.2, 0.25) is 0 Å². The van der Waals surface area contributed by atoms with Gasteiger partial charge in [0.05, 0.1) is 0 Å². The van der Waals surface area contributed by atoms with Crippen molar-refractivity contribution in [2.45, 2.75) is 0 Å². The van der Waals surface area contributed by atoms with Gasteiger partial charge >= 0.3 is 11.9 Å². The first-order valence-corrected chi connectivity index (χ1v) is 1.77. The predicted molar refractivity (Wildman–Crippen MR) is 24.4 cm³/mol. The van der Waals surface area contributed by atoms with Crippen LogP contribution in [0.5, 0.6) is 0 Å². The molecule has 0 saturated carbocycles. The Morgan fingerprint density at radius 1 is 1.00 bits per heavy atom. The number of carboxylic acids is 2. The van der Waals surface area contributed by atoms with E-state index in [2.05, 4.69) is 0 Å². The van der Waals surface area contributed by atoms with E-state index in [1.807, 2.05) is 0 Å². The fourth-order valence-corrected chi connectivity index (χ4v) is 0.143. The molecule has 9 heavy (non-hydrogen) atoms. The average molecular weight is 295 g/mol. The summed E-state index contributed by atoms with van der Waals surface area (Å²) in [6.45, 7) is 0. The SMILES string of the molecule is O=C(O)/C=C/C(=O)O.[Hf]. The Bertz CT molecular complexity index is 124. The molecule has 5 heteroatoms. The zero-order chi connectivity index (χ0) is 6.57. The van der Waals surface area contributed by atoms with Crippen molar-refractivity contribution in [3.05, 3.63) is 12.2 Å². The van der Waals surface area contributed by atoms with E-state index in [0.29, 0.717) is 12.2 Å². The molecule has 0 radical (unpaired) electrons. The van der Waals surface area contributed by atoms with E-state index >= 15 is 0 Å². The maximum Gasteiger partial charge on any atom is 0.328 e. The van der Waals surface area contributed by atoms with Crippen molar-refractivity contribution >= 4 is 11.9 Å². The zero-order valence-electron chi connectivity index (χ0n) is 4.37. The Kier molecular flexibility index (Phi) is 7.17. The molecule has 0 spiro atoms. The Balaban J connectivity index is 0. The molecular weight excluding hydrogens is 291 g/mol. The maximum atomic E-state index is 9.55. The topological polar surface area (TPSA) is 74.6 Å². The minimum Gasteiger partial charge on any atom is -0.478 e. The molecule has 4 nitrogen and oxygen atoms in total. The largest absolute Gasteiger partial charge is 0.478 e. The van der Waals surface area contributed by atoms with Gasteiger partial charge in [0.25, 0.3) is 0 Å². The molecule has 0 unspecified atom stereocenters. The van der Waals surface area contributed by atoms with Crippen LogP contribution in [0.4, 0.5) is 0 Å². The van der Waals surface area contributed by atoms with Gasteiger partial charge in [-0.2, -0.15) is 0 Å². The maximum absolute atomic E-state index is 9.55. The van der Waals surface area contributed by atoms with Crippen molar-refractivity contribution in [3.63, 3.8) is 0 Å². The summed E-state index contributed by atoms with van der Waals surface area (Å²) in [6, 6.07) is 0. The molecule has 0 rings (SSSR count). The summed E-state index contributed by atoms with van der Waals surface area (Å²) in [4.78, 5) is 19.1. The molecule has 0 fully saturated rings. The molecule has 0 heterocycles. The van der Waals surface area contributed by atoms with Gasteiger partial charge in [0.1, 0.15) is 0 Å². The Morgan fingerprint density at radius 3 is 1.33 bits per heavy atom. The normalized spacial score (nSPS) is 8.44.